The minimum atomic E-state index is -0.00260. The van der Waals surface area contributed by atoms with Gasteiger partial charge in [-0.3, -0.25) is 4.79 Å². The van der Waals surface area contributed by atoms with Gasteiger partial charge in [-0.2, -0.15) is 0 Å². The molecular formula is C31H18O2S. The third-order valence-electron chi connectivity index (χ3n) is 6.49. The van der Waals surface area contributed by atoms with Crippen LogP contribution in [0.4, 0.5) is 0 Å². The van der Waals surface area contributed by atoms with Crippen molar-refractivity contribution < 1.29 is 4.74 Å². The van der Waals surface area contributed by atoms with Crippen LogP contribution < -0.4 is 10.2 Å². The van der Waals surface area contributed by atoms with Crippen molar-refractivity contribution in [2.45, 2.75) is 0 Å². The second-order valence-corrected chi connectivity index (χ2v) is 9.52. The quantitative estimate of drug-likeness (QED) is 0.197. The Kier molecular flexibility index (Phi) is 4.20. The van der Waals surface area contributed by atoms with Crippen LogP contribution in [-0.4, -0.2) is 0 Å². The van der Waals surface area contributed by atoms with Crippen molar-refractivity contribution in [2.24, 2.45) is 0 Å². The van der Waals surface area contributed by atoms with Crippen molar-refractivity contribution in [3.63, 3.8) is 0 Å². The minimum Gasteiger partial charge on any atom is -0.456 e. The van der Waals surface area contributed by atoms with Crippen LogP contribution in [0, 0.1) is 0 Å². The molecular weight excluding hydrogens is 436 g/mol. The van der Waals surface area contributed by atoms with Gasteiger partial charge < -0.3 is 4.74 Å². The lowest BCUT2D eigenvalue weighted by Crippen LogP contribution is -2.08. The monoisotopic (exact) mass is 454 g/mol. The molecule has 34 heavy (non-hydrogen) atoms. The molecule has 160 valence electrons. The van der Waals surface area contributed by atoms with Gasteiger partial charge in [-0.05, 0) is 52.7 Å². The molecule has 0 saturated heterocycles. The lowest BCUT2D eigenvalue weighted by atomic mass is 9.91. The van der Waals surface area contributed by atoms with Crippen LogP contribution in [0.25, 0.3) is 52.8 Å². The SMILES string of the molecule is O=c1c(-c2ccccc2)c(Oc2ccccc2)c2ccc3sc4ccccc4c4ccc1c2c34. The summed E-state index contributed by atoms with van der Waals surface area (Å²) in [6.45, 7) is 0. The molecule has 7 rings (SSSR count). The first-order valence-corrected chi connectivity index (χ1v) is 12.1. The zero-order chi connectivity index (χ0) is 22.6. The molecule has 2 nitrogen and oxygen atoms in total. The van der Waals surface area contributed by atoms with E-state index in [1.807, 2.05) is 66.7 Å². The third kappa shape index (κ3) is 2.77. The predicted octanol–water partition coefficient (Wildman–Crippen LogP) is 8.62. The smallest absolute Gasteiger partial charge is 0.198 e. The number of fused-ring (bicyclic) bond motifs is 2. The molecule has 0 radical (unpaired) electrons. The average molecular weight is 455 g/mol. The highest BCUT2D eigenvalue weighted by Crippen LogP contribution is 2.45. The van der Waals surface area contributed by atoms with Crippen molar-refractivity contribution >= 4 is 53.1 Å². The lowest BCUT2D eigenvalue weighted by molar-refractivity contribution is 0.490. The first-order chi connectivity index (χ1) is 16.8. The molecule has 1 aromatic heterocycles. The van der Waals surface area contributed by atoms with E-state index in [0.29, 0.717) is 17.1 Å². The summed E-state index contributed by atoms with van der Waals surface area (Å²) < 4.78 is 8.90. The summed E-state index contributed by atoms with van der Waals surface area (Å²) >= 11 is 1.76. The average Bonchev–Trinajstić information content (AvgIpc) is 2.89. The molecule has 0 spiro atoms. The summed E-state index contributed by atoms with van der Waals surface area (Å²) in [4.78, 5) is 14.0. The number of hydrogen-bond donors (Lipinski definition) is 0. The van der Waals surface area contributed by atoms with Gasteiger partial charge in [0.1, 0.15) is 11.5 Å². The third-order valence-corrected chi connectivity index (χ3v) is 7.62. The fourth-order valence-electron chi connectivity index (χ4n) is 5.00. The van der Waals surface area contributed by atoms with Crippen LogP contribution in [0.2, 0.25) is 0 Å². The Morgan fingerprint density at radius 3 is 2.03 bits per heavy atom. The zero-order valence-electron chi connectivity index (χ0n) is 18.1. The standard InChI is InChI=1S/C31H18O2S/c32-30-23-16-15-22-21-13-7-8-14-25(21)34-26-18-17-24(28(23)29(22)26)31(33-20-11-5-2-6-12-20)27(30)19-9-3-1-4-10-19/h1-18H. The lowest BCUT2D eigenvalue weighted by Gasteiger charge is -2.18. The van der Waals surface area contributed by atoms with Crippen LogP contribution in [0.15, 0.2) is 114 Å². The normalized spacial score (nSPS) is 11.6. The van der Waals surface area contributed by atoms with Gasteiger partial charge in [-0.1, -0.05) is 72.8 Å². The zero-order valence-corrected chi connectivity index (χ0v) is 18.9. The van der Waals surface area contributed by atoms with E-state index in [4.69, 9.17) is 4.74 Å². The van der Waals surface area contributed by atoms with E-state index in [-0.39, 0.29) is 5.43 Å². The van der Waals surface area contributed by atoms with Gasteiger partial charge in [0.2, 0.25) is 0 Å². The molecule has 0 aliphatic carbocycles. The molecule has 0 atom stereocenters. The van der Waals surface area contributed by atoms with E-state index in [0.717, 1.165) is 27.1 Å². The molecule has 0 unspecified atom stereocenters. The molecule has 1 heterocycles. The van der Waals surface area contributed by atoms with Crippen molar-refractivity contribution in [3.05, 3.63) is 119 Å². The molecule has 3 heteroatoms. The van der Waals surface area contributed by atoms with Gasteiger partial charge >= 0.3 is 0 Å². The first-order valence-electron chi connectivity index (χ1n) is 11.2. The van der Waals surface area contributed by atoms with Crippen molar-refractivity contribution in [2.75, 3.05) is 0 Å². The van der Waals surface area contributed by atoms with Gasteiger partial charge in [-0.15, -0.1) is 11.3 Å². The van der Waals surface area contributed by atoms with E-state index < -0.39 is 0 Å². The Bertz CT molecular complexity index is 1890. The van der Waals surface area contributed by atoms with E-state index in [1.54, 1.807) is 11.3 Å². The first kappa shape index (κ1) is 19.3. The molecule has 6 aromatic carbocycles. The summed E-state index contributed by atoms with van der Waals surface area (Å²) in [6, 6.07) is 36.3. The maximum Gasteiger partial charge on any atom is 0.198 e. The van der Waals surface area contributed by atoms with Crippen LogP contribution in [-0.2, 0) is 0 Å². The van der Waals surface area contributed by atoms with Crippen LogP contribution in [0.1, 0.15) is 0 Å². The summed E-state index contributed by atoms with van der Waals surface area (Å²) in [5.41, 5.74) is 1.46. The van der Waals surface area contributed by atoms with Gasteiger partial charge in [0.15, 0.2) is 5.43 Å². The largest absolute Gasteiger partial charge is 0.456 e. The van der Waals surface area contributed by atoms with Gasteiger partial charge in [0, 0.05) is 30.9 Å². The van der Waals surface area contributed by atoms with Crippen molar-refractivity contribution in [1.82, 2.24) is 0 Å². The number of para-hydroxylation sites is 1. The Balaban J connectivity index is 1.68. The Morgan fingerprint density at radius 1 is 0.529 bits per heavy atom. The van der Waals surface area contributed by atoms with Gasteiger partial charge in [-0.25, -0.2) is 0 Å². The highest BCUT2D eigenvalue weighted by Gasteiger charge is 2.22. The molecule has 0 N–H and O–H groups in total. The minimum absolute atomic E-state index is 0.00260. The molecule has 0 aliphatic rings. The van der Waals surface area contributed by atoms with Crippen LogP contribution in [0.5, 0.6) is 11.5 Å². The fourth-order valence-corrected chi connectivity index (χ4v) is 6.12. The highest BCUT2D eigenvalue weighted by molar-refractivity contribution is 7.25. The Morgan fingerprint density at radius 2 is 1.21 bits per heavy atom. The number of benzene rings is 6. The predicted molar refractivity (Wildman–Crippen MR) is 144 cm³/mol. The summed E-state index contributed by atoms with van der Waals surface area (Å²) in [6.07, 6.45) is 0. The maximum atomic E-state index is 14.0. The molecule has 7 aromatic rings. The summed E-state index contributed by atoms with van der Waals surface area (Å²) in [5, 5.41) is 6.17. The van der Waals surface area contributed by atoms with Crippen molar-refractivity contribution in [1.29, 1.82) is 0 Å². The maximum absolute atomic E-state index is 14.0. The molecule has 0 amide bonds. The van der Waals surface area contributed by atoms with Crippen LogP contribution >= 0.6 is 11.3 Å². The second kappa shape index (κ2) is 7.41. The van der Waals surface area contributed by atoms with E-state index in [2.05, 4.69) is 42.5 Å². The summed E-state index contributed by atoms with van der Waals surface area (Å²) in [5.74, 6) is 1.32. The topological polar surface area (TPSA) is 26.3 Å². The van der Waals surface area contributed by atoms with E-state index >= 15 is 0 Å². The molecule has 0 fully saturated rings. The highest BCUT2D eigenvalue weighted by atomic mass is 32.1. The molecule has 0 saturated carbocycles. The summed E-state index contributed by atoms with van der Waals surface area (Å²) in [7, 11) is 0. The Hall–Kier alpha value is -4.21. The van der Waals surface area contributed by atoms with Crippen LogP contribution in [0.3, 0.4) is 0 Å². The van der Waals surface area contributed by atoms with Crippen molar-refractivity contribution in [3.8, 4) is 22.6 Å². The number of hydrogen-bond acceptors (Lipinski definition) is 3. The molecule has 0 aliphatic heterocycles. The van der Waals surface area contributed by atoms with Gasteiger partial charge in [0.25, 0.3) is 0 Å². The Labute approximate surface area is 199 Å². The fraction of sp³-hybridized carbons (Fsp3) is 0. The van der Waals surface area contributed by atoms with Gasteiger partial charge in [0.05, 0.1) is 5.56 Å². The molecule has 0 bridgehead atoms. The number of rotatable bonds is 3. The van der Waals surface area contributed by atoms with E-state index in [1.165, 1.54) is 20.2 Å². The number of ether oxygens (including phenoxy) is 1. The second-order valence-electron chi connectivity index (χ2n) is 8.43. The van der Waals surface area contributed by atoms with E-state index in [9.17, 15) is 4.79 Å².